The Morgan fingerprint density at radius 1 is 1.00 bits per heavy atom. The van der Waals surface area contributed by atoms with Crippen LogP contribution in [0.1, 0.15) is 56.8 Å². The molecule has 2 saturated carbocycles. The Kier molecular flexibility index (Phi) is 7.10. The molecule has 1 amide bonds. The molecule has 0 spiro atoms. The average molecular weight is 471 g/mol. The largest absolute Gasteiger partial charge is 0.493 e. The van der Waals surface area contributed by atoms with Crippen LogP contribution in [0.5, 0.6) is 5.75 Å². The van der Waals surface area contributed by atoms with Crippen molar-refractivity contribution in [3.05, 3.63) is 54.1 Å². The van der Waals surface area contributed by atoms with E-state index >= 15 is 0 Å². The van der Waals surface area contributed by atoms with Crippen LogP contribution < -0.4 is 14.8 Å². The van der Waals surface area contributed by atoms with Gasteiger partial charge in [-0.1, -0.05) is 20.3 Å². The molecular weight excluding hydrogens is 436 g/mol. The molecule has 0 aliphatic heterocycles. The monoisotopic (exact) mass is 470 g/mol. The van der Waals surface area contributed by atoms with Crippen LogP contribution in [0.4, 0.5) is 5.69 Å². The maximum Gasteiger partial charge on any atom is 0.255 e. The van der Waals surface area contributed by atoms with E-state index in [2.05, 4.69) is 23.9 Å². The number of nitrogens with one attached hydrogen (secondary N) is 2. The minimum Gasteiger partial charge on any atom is -0.493 e. The van der Waals surface area contributed by atoms with E-state index < -0.39 is 10.0 Å². The second kappa shape index (κ2) is 9.85. The highest BCUT2D eigenvalue weighted by Crippen LogP contribution is 2.49. The highest BCUT2D eigenvalue weighted by Gasteiger charge is 2.42. The summed E-state index contributed by atoms with van der Waals surface area (Å²) in [5, 5.41) is 2.82. The van der Waals surface area contributed by atoms with Gasteiger partial charge in [0, 0.05) is 17.3 Å². The van der Waals surface area contributed by atoms with Crippen LogP contribution in [0.2, 0.25) is 0 Å². The number of amides is 1. The molecule has 178 valence electrons. The van der Waals surface area contributed by atoms with Gasteiger partial charge in [0.2, 0.25) is 10.0 Å². The summed E-state index contributed by atoms with van der Waals surface area (Å²) in [6.07, 6.45) is 4.90. The van der Waals surface area contributed by atoms with Gasteiger partial charge < -0.3 is 10.1 Å². The van der Waals surface area contributed by atoms with Crippen LogP contribution in [0.15, 0.2) is 53.4 Å². The molecule has 0 unspecified atom stereocenters. The second-order valence-electron chi connectivity index (χ2n) is 9.96. The van der Waals surface area contributed by atoms with Gasteiger partial charge in [-0.2, -0.15) is 0 Å². The number of sulfonamides is 1. The molecule has 0 heterocycles. The molecule has 2 aromatic carbocycles. The summed E-state index contributed by atoms with van der Waals surface area (Å²) in [6, 6.07) is 13.2. The molecule has 0 aromatic heterocycles. The zero-order chi connectivity index (χ0) is 23.6. The Labute approximate surface area is 197 Å². The minimum absolute atomic E-state index is 0.0721. The molecule has 0 radical (unpaired) electrons. The number of anilines is 1. The van der Waals surface area contributed by atoms with E-state index in [1.54, 1.807) is 36.4 Å². The lowest BCUT2D eigenvalue weighted by Gasteiger charge is -2.28. The predicted octanol–water partition coefficient (Wildman–Crippen LogP) is 5.08. The zero-order valence-corrected chi connectivity index (χ0v) is 20.4. The Bertz CT molecular complexity index is 1060. The van der Waals surface area contributed by atoms with Gasteiger partial charge >= 0.3 is 0 Å². The summed E-state index contributed by atoms with van der Waals surface area (Å²) in [5.41, 5.74) is 1.05. The van der Waals surface area contributed by atoms with Crippen molar-refractivity contribution in [2.24, 2.45) is 23.7 Å². The Balaban J connectivity index is 1.34. The highest BCUT2D eigenvalue weighted by molar-refractivity contribution is 7.89. The van der Waals surface area contributed by atoms with Crippen LogP contribution in [0.3, 0.4) is 0 Å². The lowest BCUT2D eigenvalue weighted by atomic mass is 9.84. The topological polar surface area (TPSA) is 84.5 Å². The van der Waals surface area contributed by atoms with Crippen LogP contribution in [-0.4, -0.2) is 27.0 Å². The standard InChI is InChI=1S/C26H34N2O4S/c1-17(2)16-32-23-10-6-20(7-11-23)26(29)27-22-8-12-24(13-9-22)33(30,31)28-18(3)25-15-19-4-5-21(25)14-19/h6-13,17-19,21,25,28H,4-5,14-16H2,1-3H3,(H,27,29)/t18-,19+,21+,25+/m0/s1. The number of carbonyl (C=O) groups is 1. The number of benzene rings is 2. The number of fused-ring (bicyclic) bond motifs is 2. The van der Waals surface area contributed by atoms with Gasteiger partial charge in [0.1, 0.15) is 5.75 Å². The first-order valence-electron chi connectivity index (χ1n) is 11.9. The molecule has 7 heteroatoms. The van der Waals surface area contributed by atoms with Gasteiger partial charge in [-0.25, -0.2) is 13.1 Å². The van der Waals surface area contributed by atoms with E-state index in [9.17, 15) is 13.2 Å². The molecule has 6 nitrogen and oxygen atoms in total. The molecule has 2 aliphatic rings. The Hall–Kier alpha value is -2.38. The lowest BCUT2D eigenvalue weighted by Crippen LogP contribution is -2.40. The van der Waals surface area contributed by atoms with E-state index in [1.165, 1.54) is 31.4 Å². The molecule has 2 aliphatic carbocycles. The molecule has 2 aromatic rings. The summed E-state index contributed by atoms with van der Waals surface area (Å²) in [5.74, 6) is 2.75. The van der Waals surface area contributed by atoms with Crippen molar-refractivity contribution in [3.63, 3.8) is 0 Å². The SMILES string of the molecule is CC(C)COc1ccc(C(=O)Nc2ccc(S(=O)(=O)N[C@@H](C)[C@H]3C[C@@H]4CC[C@@H]3C4)cc2)cc1. The van der Waals surface area contributed by atoms with E-state index in [0.29, 0.717) is 35.6 Å². The first-order chi connectivity index (χ1) is 15.7. The normalized spacial score (nSPS) is 23.0. The second-order valence-corrected chi connectivity index (χ2v) is 11.7. The molecular formula is C26H34N2O4S. The molecule has 2 bridgehead atoms. The van der Waals surface area contributed by atoms with Gasteiger partial charge in [-0.15, -0.1) is 0 Å². The fraction of sp³-hybridized carbons (Fsp3) is 0.500. The minimum atomic E-state index is -3.60. The third-order valence-corrected chi connectivity index (χ3v) is 8.47. The maximum absolute atomic E-state index is 12.9. The van der Waals surface area contributed by atoms with E-state index in [1.807, 2.05) is 6.92 Å². The number of ether oxygens (including phenoxy) is 1. The van der Waals surface area contributed by atoms with Crippen molar-refractivity contribution in [1.29, 1.82) is 0 Å². The van der Waals surface area contributed by atoms with Gasteiger partial charge in [0.25, 0.3) is 5.91 Å². The van der Waals surface area contributed by atoms with Crippen molar-refractivity contribution < 1.29 is 17.9 Å². The molecule has 4 atom stereocenters. The zero-order valence-electron chi connectivity index (χ0n) is 19.6. The van der Waals surface area contributed by atoms with E-state index in [-0.39, 0.29) is 16.8 Å². The van der Waals surface area contributed by atoms with E-state index in [0.717, 1.165) is 18.1 Å². The number of hydrogen-bond donors (Lipinski definition) is 2. The summed E-state index contributed by atoms with van der Waals surface area (Å²) in [7, 11) is -3.60. The summed E-state index contributed by atoms with van der Waals surface area (Å²) in [4.78, 5) is 12.8. The average Bonchev–Trinajstić information content (AvgIpc) is 3.42. The van der Waals surface area contributed by atoms with Crippen molar-refractivity contribution >= 4 is 21.6 Å². The smallest absolute Gasteiger partial charge is 0.255 e. The Morgan fingerprint density at radius 2 is 1.70 bits per heavy atom. The van der Waals surface area contributed by atoms with Crippen molar-refractivity contribution in [3.8, 4) is 5.75 Å². The van der Waals surface area contributed by atoms with Gasteiger partial charge in [0.05, 0.1) is 11.5 Å². The van der Waals surface area contributed by atoms with Crippen molar-refractivity contribution in [2.45, 2.75) is 57.4 Å². The third-order valence-electron chi connectivity index (χ3n) is 6.90. The maximum atomic E-state index is 12.9. The predicted molar refractivity (Wildman–Crippen MR) is 130 cm³/mol. The molecule has 2 fully saturated rings. The number of rotatable bonds is 9. The number of hydrogen-bond acceptors (Lipinski definition) is 4. The third kappa shape index (κ3) is 5.76. The fourth-order valence-electron chi connectivity index (χ4n) is 5.19. The van der Waals surface area contributed by atoms with Crippen LogP contribution in [0, 0.1) is 23.7 Å². The fourth-order valence-corrected chi connectivity index (χ4v) is 6.49. The highest BCUT2D eigenvalue weighted by atomic mass is 32.2. The van der Waals surface area contributed by atoms with Crippen LogP contribution in [-0.2, 0) is 10.0 Å². The molecule has 2 N–H and O–H groups in total. The van der Waals surface area contributed by atoms with Gasteiger partial charge in [0.15, 0.2) is 0 Å². The van der Waals surface area contributed by atoms with Crippen molar-refractivity contribution in [2.75, 3.05) is 11.9 Å². The summed E-state index contributed by atoms with van der Waals surface area (Å²) in [6.45, 7) is 6.76. The summed E-state index contributed by atoms with van der Waals surface area (Å²) >= 11 is 0. The molecule has 0 saturated heterocycles. The van der Waals surface area contributed by atoms with Gasteiger partial charge in [-0.3, -0.25) is 4.79 Å². The molecule has 4 rings (SSSR count). The number of carbonyl (C=O) groups excluding carboxylic acids is 1. The van der Waals surface area contributed by atoms with Gasteiger partial charge in [-0.05, 0) is 98.4 Å². The first kappa shape index (κ1) is 23.8. The van der Waals surface area contributed by atoms with Crippen molar-refractivity contribution in [1.82, 2.24) is 4.72 Å². The van der Waals surface area contributed by atoms with E-state index in [4.69, 9.17) is 4.74 Å². The quantitative estimate of drug-likeness (QED) is 0.535. The van der Waals surface area contributed by atoms with Crippen LogP contribution in [0.25, 0.3) is 0 Å². The van der Waals surface area contributed by atoms with Crippen LogP contribution >= 0.6 is 0 Å². The first-order valence-corrected chi connectivity index (χ1v) is 13.4. The summed E-state index contributed by atoms with van der Waals surface area (Å²) < 4.78 is 34.3. The molecule has 33 heavy (non-hydrogen) atoms. The Morgan fingerprint density at radius 3 is 2.27 bits per heavy atom. The lowest BCUT2D eigenvalue weighted by molar-refractivity contribution is 0.102.